The Labute approximate surface area is 105 Å². The van der Waals surface area contributed by atoms with Crippen LogP contribution >= 0.6 is 0 Å². The lowest BCUT2D eigenvalue weighted by molar-refractivity contribution is 0.195. The zero-order valence-corrected chi connectivity index (χ0v) is 10.1. The van der Waals surface area contributed by atoms with Crippen LogP contribution in [0.3, 0.4) is 0 Å². The number of imidazole rings is 1. The summed E-state index contributed by atoms with van der Waals surface area (Å²) in [5, 5.41) is 2.76. The maximum atomic E-state index is 11.6. The fourth-order valence-corrected chi connectivity index (χ4v) is 1.58. The van der Waals surface area contributed by atoms with E-state index >= 15 is 0 Å². The third-order valence-corrected chi connectivity index (χ3v) is 2.36. The molecule has 1 aromatic carbocycles. The van der Waals surface area contributed by atoms with Gasteiger partial charge in [0.05, 0.1) is 6.33 Å². The van der Waals surface area contributed by atoms with Crippen molar-refractivity contribution >= 4 is 6.09 Å². The van der Waals surface area contributed by atoms with Crippen molar-refractivity contribution in [2.24, 2.45) is 0 Å². The molecule has 1 aromatic heterocycles. The van der Waals surface area contributed by atoms with E-state index in [9.17, 15) is 4.79 Å². The molecule has 5 nitrogen and oxygen atoms in total. The van der Waals surface area contributed by atoms with E-state index in [4.69, 9.17) is 4.74 Å². The standard InChI is InChI=1S/C13H15N3O2/c1-11(9-16-8-7-14-10-16)15-13(17)18-12-5-3-2-4-6-12/h2-8,10-11H,9H2,1H3,(H,15,17). The fourth-order valence-electron chi connectivity index (χ4n) is 1.58. The van der Waals surface area contributed by atoms with Gasteiger partial charge < -0.3 is 14.6 Å². The van der Waals surface area contributed by atoms with E-state index in [-0.39, 0.29) is 6.04 Å². The molecule has 18 heavy (non-hydrogen) atoms. The Balaban J connectivity index is 1.80. The molecule has 1 unspecified atom stereocenters. The Morgan fingerprint density at radius 3 is 2.89 bits per heavy atom. The summed E-state index contributed by atoms with van der Waals surface area (Å²) in [6, 6.07) is 8.94. The van der Waals surface area contributed by atoms with Gasteiger partial charge in [0.2, 0.25) is 0 Å². The predicted molar refractivity (Wildman–Crippen MR) is 67.3 cm³/mol. The van der Waals surface area contributed by atoms with Crippen LogP contribution in [-0.4, -0.2) is 21.7 Å². The molecule has 1 amide bonds. The third-order valence-electron chi connectivity index (χ3n) is 2.36. The summed E-state index contributed by atoms with van der Waals surface area (Å²) in [4.78, 5) is 15.5. The van der Waals surface area contributed by atoms with Gasteiger partial charge in [-0.25, -0.2) is 9.78 Å². The van der Waals surface area contributed by atoms with E-state index in [0.29, 0.717) is 12.3 Å². The minimum Gasteiger partial charge on any atom is -0.410 e. The van der Waals surface area contributed by atoms with Crippen LogP contribution < -0.4 is 10.1 Å². The summed E-state index contributed by atoms with van der Waals surface area (Å²) >= 11 is 0. The van der Waals surface area contributed by atoms with Crippen molar-refractivity contribution < 1.29 is 9.53 Å². The van der Waals surface area contributed by atoms with Crippen molar-refractivity contribution in [1.82, 2.24) is 14.9 Å². The van der Waals surface area contributed by atoms with Crippen molar-refractivity contribution in [3.05, 3.63) is 49.1 Å². The van der Waals surface area contributed by atoms with Gasteiger partial charge in [-0.2, -0.15) is 0 Å². The first-order valence-corrected chi connectivity index (χ1v) is 5.73. The van der Waals surface area contributed by atoms with E-state index < -0.39 is 6.09 Å². The zero-order valence-electron chi connectivity index (χ0n) is 10.1. The second-order valence-electron chi connectivity index (χ2n) is 4.01. The molecule has 0 saturated carbocycles. The Bertz CT molecular complexity index is 482. The van der Waals surface area contributed by atoms with Crippen molar-refractivity contribution in [2.75, 3.05) is 0 Å². The highest BCUT2D eigenvalue weighted by molar-refractivity contribution is 5.70. The number of hydrogen-bond acceptors (Lipinski definition) is 3. The molecule has 1 N–H and O–H groups in total. The molecule has 0 spiro atoms. The van der Waals surface area contributed by atoms with Crippen molar-refractivity contribution in [2.45, 2.75) is 19.5 Å². The van der Waals surface area contributed by atoms with E-state index in [1.165, 1.54) is 0 Å². The largest absolute Gasteiger partial charge is 0.412 e. The molecule has 1 heterocycles. The number of amides is 1. The van der Waals surface area contributed by atoms with Gasteiger partial charge in [-0.3, -0.25) is 0 Å². The molecule has 0 fully saturated rings. The molecular weight excluding hydrogens is 230 g/mol. The Morgan fingerprint density at radius 2 is 2.22 bits per heavy atom. The third kappa shape index (κ3) is 3.62. The first kappa shape index (κ1) is 12.2. The lowest BCUT2D eigenvalue weighted by Gasteiger charge is -2.14. The topological polar surface area (TPSA) is 56.2 Å². The molecule has 0 saturated heterocycles. The molecule has 2 aromatic rings. The van der Waals surface area contributed by atoms with Crippen LogP contribution in [0, 0.1) is 0 Å². The highest BCUT2D eigenvalue weighted by Crippen LogP contribution is 2.08. The minimum absolute atomic E-state index is 0.0320. The van der Waals surface area contributed by atoms with Gasteiger partial charge >= 0.3 is 6.09 Å². The Hall–Kier alpha value is -2.30. The molecule has 94 valence electrons. The van der Waals surface area contributed by atoms with Crippen LogP contribution in [0.2, 0.25) is 0 Å². The SMILES string of the molecule is CC(Cn1ccnc1)NC(=O)Oc1ccccc1. The van der Waals surface area contributed by atoms with Gasteiger partial charge in [-0.1, -0.05) is 18.2 Å². The Kier molecular flexibility index (Phi) is 3.96. The van der Waals surface area contributed by atoms with E-state index in [0.717, 1.165) is 0 Å². The van der Waals surface area contributed by atoms with Gasteiger partial charge in [0.1, 0.15) is 5.75 Å². The molecular formula is C13H15N3O2. The number of benzene rings is 1. The minimum atomic E-state index is -0.450. The van der Waals surface area contributed by atoms with Gasteiger partial charge in [0, 0.05) is 25.0 Å². The maximum absolute atomic E-state index is 11.6. The average molecular weight is 245 g/mol. The number of aromatic nitrogens is 2. The summed E-state index contributed by atoms with van der Waals surface area (Å²) in [5.74, 6) is 0.532. The summed E-state index contributed by atoms with van der Waals surface area (Å²) in [6.07, 6.45) is 4.81. The number of nitrogens with zero attached hydrogens (tertiary/aromatic N) is 2. The number of carbonyl (C=O) groups is 1. The predicted octanol–water partition coefficient (Wildman–Crippen LogP) is 2.06. The van der Waals surface area contributed by atoms with Crippen LogP contribution in [-0.2, 0) is 6.54 Å². The van der Waals surface area contributed by atoms with Gasteiger partial charge in [0.15, 0.2) is 0 Å². The summed E-state index contributed by atoms with van der Waals surface area (Å²) in [6.45, 7) is 2.57. The van der Waals surface area contributed by atoms with Gasteiger partial charge in [-0.15, -0.1) is 0 Å². The van der Waals surface area contributed by atoms with E-state index in [1.807, 2.05) is 35.9 Å². The molecule has 0 aliphatic rings. The quantitative estimate of drug-likeness (QED) is 0.897. The van der Waals surface area contributed by atoms with E-state index in [1.54, 1.807) is 24.7 Å². The molecule has 1 atom stereocenters. The van der Waals surface area contributed by atoms with Crippen LogP contribution in [0.25, 0.3) is 0 Å². The van der Waals surface area contributed by atoms with Crippen LogP contribution in [0.5, 0.6) is 5.75 Å². The highest BCUT2D eigenvalue weighted by Gasteiger charge is 2.09. The van der Waals surface area contributed by atoms with Crippen molar-refractivity contribution in [3.63, 3.8) is 0 Å². The van der Waals surface area contributed by atoms with Gasteiger partial charge in [-0.05, 0) is 19.1 Å². The first-order valence-electron chi connectivity index (χ1n) is 5.73. The molecule has 0 bridgehead atoms. The lowest BCUT2D eigenvalue weighted by Crippen LogP contribution is -2.37. The highest BCUT2D eigenvalue weighted by atomic mass is 16.6. The smallest absolute Gasteiger partial charge is 0.410 e. The van der Waals surface area contributed by atoms with Crippen LogP contribution in [0.15, 0.2) is 49.1 Å². The van der Waals surface area contributed by atoms with Crippen molar-refractivity contribution in [1.29, 1.82) is 0 Å². The molecule has 5 heteroatoms. The average Bonchev–Trinajstić information content (AvgIpc) is 2.82. The normalized spacial score (nSPS) is 11.8. The summed E-state index contributed by atoms with van der Waals surface area (Å²) in [7, 11) is 0. The lowest BCUT2D eigenvalue weighted by atomic mass is 10.3. The zero-order chi connectivity index (χ0) is 12.8. The number of rotatable bonds is 4. The molecule has 0 aliphatic carbocycles. The fraction of sp³-hybridized carbons (Fsp3) is 0.231. The maximum Gasteiger partial charge on any atom is 0.412 e. The number of para-hydroxylation sites is 1. The van der Waals surface area contributed by atoms with Crippen molar-refractivity contribution in [3.8, 4) is 5.75 Å². The van der Waals surface area contributed by atoms with Crippen LogP contribution in [0.1, 0.15) is 6.92 Å². The molecule has 0 radical (unpaired) electrons. The molecule has 0 aliphatic heterocycles. The number of ether oxygens (including phenoxy) is 1. The Morgan fingerprint density at radius 1 is 1.44 bits per heavy atom. The summed E-state index contributed by atoms with van der Waals surface area (Å²) in [5.41, 5.74) is 0. The number of carbonyl (C=O) groups excluding carboxylic acids is 1. The van der Waals surface area contributed by atoms with E-state index in [2.05, 4.69) is 10.3 Å². The second kappa shape index (κ2) is 5.86. The van der Waals surface area contributed by atoms with Gasteiger partial charge in [0.25, 0.3) is 0 Å². The summed E-state index contributed by atoms with van der Waals surface area (Å²) < 4.78 is 7.03. The molecule has 2 rings (SSSR count). The first-order chi connectivity index (χ1) is 8.74. The van der Waals surface area contributed by atoms with Crippen LogP contribution in [0.4, 0.5) is 4.79 Å². The number of nitrogens with one attached hydrogen (secondary N) is 1. The monoisotopic (exact) mass is 245 g/mol. The number of hydrogen-bond donors (Lipinski definition) is 1. The second-order valence-corrected chi connectivity index (χ2v) is 4.01.